The van der Waals surface area contributed by atoms with Gasteiger partial charge in [-0.25, -0.2) is 0 Å². The van der Waals surface area contributed by atoms with Crippen molar-refractivity contribution >= 4 is 16.8 Å². The number of piperazine rings is 1. The molecule has 2 N–H and O–H groups in total. The number of nitrogens with zero attached hydrogens (tertiary/aromatic N) is 2. The molecule has 1 amide bonds. The molecule has 1 aromatic heterocycles. The Morgan fingerprint density at radius 2 is 2.12 bits per heavy atom. The van der Waals surface area contributed by atoms with Gasteiger partial charge in [-0.2, -0.15) is 0 Å². The van der Waals surface area contributed by atoms with Gasteiger partial charge in [0.2, 0.25) is 0 Å². The molecule has 1 aromatic carbocycles. The average Bonchev–Trinajstić information content (AvgIpc) is 2.61. The van der Waals surface area contributed by atoms with Crippen LogP contribution in [0.1, 0.15) is 16.1 Å². The van der Waals surface area contributed by atoms with E-state index in [1.54, 1.807) is 7.11 Å². The maximum atomic E-state index is 12.5. The predicted molar refractivity (Wildman–Crippen MR) is 94.7 cm³/mol. The molecule has 1 aliphatic heterocycles. The number of hydrogen-bond donors (Lipinski definition) is 2. The molecule has 0 aliphatic carbocycles. The quantitative estimate of drug-likeness (QED) is 0.863. The van der Waals surface area contributed by atoms with Crippen molar-refractivity contribution in [3.05, 3.63) is 35.5 Å². The van der Waals surface area contributed by atoms with Crippen molar-refractivity contribution in [2.24, 2.45) is 0 Å². The SMILES string of the molecule is COc1ccc2cc(C(=O)NCCN3CCNCC3)c(C)nc2c1. The van der Waals surface area contributed by atoms with E-state index < -0.39 is 0 Å². The van der Waals surface area contributed by atoms with Crippen molar-refractivity contribution in [2.45, 2.75) is 6.92 Å². The molecule has 1 aliphatic rings. The van der Waals surface area contributed by atoms with Crippen LogP contribution in [0.4, 0.5) is 0 Å². The van der Waals surface area contributed by atoms with Crippen LogP contribution in [0.15, 0.2) is 24.3 Å². The van der Waals surface area contributed by atoms with Gasteiger partial charge in [0.25, 0.3) is 5.91 Å². The third kappa shape index (κ3) is 3.83. The van der Waals surface area contributed by atoms with Crippen LogP contribution in [0.3, 0.4) is 0 Å². The number of methoxy groups -OCH3 is 1. The van der Waals surface area contributed by atoms with Gasteiger partial charge in [0, 0.05) is 50.7 Å². The molecule has 0 unspecified atom stereocenters. The molecule has 0 saturated carbocycles. The zero-order valence-corrected chi connectivity index (χ0v) is 14.3. The number of amides is 1. The Morgan fingerprint density at radius 1 is 1.33 bits per heavy atom. The van der Waals surface area contributed by atoms with E-state index in [0.717, 1.165) is 55.1 Å². The first-order chi connectivity index (χ1) is 11.7. The lowest BCUT2D eigenvalue weighted by Gasteiger charge is -2.27. The number of fused-ring (bicyclic) bond motifs is 1. The molecule has 1 saturated heterocycles. The fourth-order valence-electron chi connectivity index (χ4n) is 2.96. The summed E-state index contributed by atoms with van der Waals surface area (Å²) in [6.45, 7) is 7.51. The number of carbonyl (C=O) groups excluding carboxylic acids is 1. The minimum Gasteiger partial charge on any atom is -0.497 e. The van der Waals surface area contributed by atoms with Gasteiger partial charge in [-0.15, -0.1) is 0 Å². The van der Waals surface area contributed by atoms with Gasteiger partial charge in [-0.05, 0) is 25.1 Å². The summed E-state index contributed by atoms with van der Waals surface area (Å²) >= 11 is 0. The van der Waals surface area contributed by atoms with Crippen LogP contribution >= 0.6 is 0 Å². The van der Waals surface area contributed by atoms with E-state index in [0.29, 0.717) is 12.1 Å². The maximum Gasteiger partial charge on any atom is 0.253 e. The zero-order valence-electron chi connectivity index (χ0n) is 14.3. The van der Waals surface area contributed by atoms with Crippen LogP contribution < -0.4 is 15.4 Å². The highest BCUT2D eigenvalue weighted by Gasteiger charge is 2.13. The van der Waals surface area contributed by atoms with Crippen LogP contribution in [0.5, 0.6) is 5.75 Å². The van der Waals surface area contributed by atoms with Gasteiger partial charge in [0.1, 0.15) is 5.75 Å². The van der Waals surface area contributed by atoms with Crippen LogP contribution in [0, 0.1) is 6.92 Å². The summed E-state index contributed by atoms with van der Waals surface area (Å²) in [7, 11) is 1.63. The van der Waals surface area contributed by atoms with Gasteiger partial charge in [-0.1, -0.05) is 0 Å². The minimum atomic E-state index is -0.0622. The van der Waals surface area contributed by atoms with Crippen molar-refractivity contribution in [3.63, 3.8) is 0 Å². The highest BCUT2D eigenvalue weighted by Crippen LogP contribution is 2.21. The van der Waals surface area contributed by atoms with Gasteiger partial charge in [-0.3, -0.25) is 14.7 Å². The lowest BCUT2D eigenvalue weighted by molar-refractivity contribution is 0.0946. The maximum absolute atomic E-state index is 12.5. The van der Waals surface area contributed by atoms with E-state index in [1.807, 2.05) is 31.2 Å². The van der Waals surface area contributed by atoms with E-state index >= 15 is 0 Å². The molecule has 1 fully saturated rings. The lowest BCUT2D eigenvalue weighted by atomic mass is 10.1. The number of nitrogens with one attached hydrogen (secondary N) is 2. The molecule has 2 heterocycles. The number of ether oxygens (including phenoxy) is 1. The third-order valence-corrected chi connectivity index (χ3v) is 4.38. The predicted octanol–water partition coefficient (Wildman–Crippen LogP) is 1.19. The molecule has 0 radical (unpaired) electrons. The minimum absolute atomic E-state index is 0.0622. The summed E-state index contributed by atoms with van der Waals surface area (Å²) in [6.07, 6.45) is 0. The average molecular weight is 328 g/mol. The second-order valence-electron chi connectivity index (χ2n) is 6.03. The second kappa shape index (κ2) is 7.59. The first-order valence-corrected chi connectivity index (χ1v) is 8.34. The standard InChI is InChI=1S/C18H24N4O2/c1-13-16(11-14-3-4-15(24-2)12-17(14)21-13)18(23)20-7-10-22-8-5-19-6-9-22/h3-4,11-12,19H,5-10H2,1-2H3,(H,20,23). The highest BCUT2D eigenvalue weighted by atomic mass is 16.5. The normalized spacial score (nSPS) is 15.4. The van der Waals surface area contributed by atoms with E-state index in [9.17, 15) is 4.79 Å². The van der Waals surface area contributed by atoms with Crippen LogP contribution in [0.25, 0.3) is 10.9 Å². The molecule has 6 nitrogen and oxygen atoms in total. The Kier molecular flexibility index (Phi) is 5.27. The van der Waals surface area contributed by atoms with Crippen LogP contribution in [0.2, 0.25) is 0 Å². The summed E-state index contributed by atoms with van der Waals surface area (Å²) < 4.78 is 5.22. The first-order valence-electron chi connectivity index (χ1n) is 8.34. The van der Waals surface area contributed by atoms with Crippen molar-refractivity contribution in [1.82, 2.24) is 20.5 Å². The number of benzene rings is 1. The lowest BCUT2D eigenvalue weighted by Crippen LogP contribution is -2.46. The third-order valence-electron chi connectivity index (χ3n) is 4.38. The number of aromatic nitrogens is 1. The highest BCUT2D eigenvalue weighted by molar-refractivity contribution is 5.98. The smallest absolute Gasteiger partial charge is 0.253 e. The molecule has 3 rings (SSSR count). The fourth-order valence-corrected chi connectivity index (χ4v) is 2.96. The monoisotopic (exact) mass is 328 g/mol. The summed E-state index contributed by atoms with van der Waals surface area (Å²) in [4.78, 5) is 19.4. The van der Waals surface area contributed by atoms with Crippen LogP contribution in [-0.2, 0) is 0 Å². The van der Waals surface area contributed by atoms with Gasteiger partial charge in [0.15, 0.2) is 0 Å². The van der Waals surface area contributed by atoms with Crippen molar-refractivity contribution in [2.75, 3.05) is 46.4 Å². The van der Waals surface area contributed by atoms with E-state index in [1.165, 1.54) is 0 Å². The molecule has 0 atom stereocenters. The van der Waals surface area contributed by atoms with Gasteiger partial charge < -0.3 is 15.4 Å². The molecule has 128 valence electrons. The summed E-state index contributed by atoms with van der Waals surface area (Å²) in [5.74, 6) is 0.704. The van der Waals surface area contributed by atoms with Crippen molar-refractivity contribution in [3.8, 4) is 5.75 Å². The number of pyridine rings is 1. The second-order valence-corrected chi connectivity index (χ2v) is 6.03. The Balaban J connectivity index is 1.66. The number of rotatable bonds is 5. The topological polar surface area (TPSA) is 66.5 Å². The molecule has 6 heteroatoms. The van der Waals surface area contributed by atoms with Crippen LogP contribution in [-0.4, -0.2) is 62.2 Å². The number of hydrogen-bond acceptors (Lipinski definition) is 5. The molecule has 0 spiro atoms. The Bertz CT molecular complexity index is 726. The summed E-state index contributed by atoms with van der Waals surface area (Å²) in [5.41, 5.74) is 2.20. The van der Waals surface area contributed by atoms with E-state index in [4.69, 9.17) is 4.74 Å². The fraction of sp³-hybridized carbons (Fsp3) is 0.444. The Hall–Kier alpha value is -2.18. The van der Waals surface area contributed by atoms with E-state index in [2.05, 4.69) is 20.5 Å². The molecule has 24 heavy (non-hydrogen) atoms. The number of carbonyl (C=O) groups is 1. The van der Waals surface area contributed by atoms with E-state index in [-0.39, 0.29) is 5.91 Å². The first kappa shape index (κ1) is 16.7. The van der Waals surface area contributed by atoms with Crippen molar-refractivity contribution < 1.29 is 9.53 Å². The molecule has 0 bridgehead atoms. The Labute approximate surface area is 142 Å². The molecule has 2 aromatic rings. The van der Waals surface area contributed by atoms with Gasteiger partial charge >= 0.3 is 0 Å². The zero-order chi connectivity index (χ0) is 16.9. The Morgan fingerprint density at radius 3 is 2.88 bits per heavy atom. The largest absolute Gasteiger partial charge is 0.497 e. The summed E-state index contributed by atoms with van der Waals surface area (Å²) in [5, 5.41) is 7.27. The summed E-state index contributed by atoms with van der Waals surface area (Å²) in [6, 6.07) is 7.59. The molecular weight excluding hydrogens is 304 g/mol. The van der Waals surface area contributed by atoms with Crippen molar-refractivity contribution in [1.29, 1.82) is 0 Å². The number of aryl methyl sites for hydroxylation is 1. The van der Waals surface area contributed by atoms with Gasteiger partial charge in [0.05, 0.1) is 23.9 Å². The molecular formula is C18H24N4O2.